The molecule has 1 aromatic heterocycles. The summed E-state index contributed by atoms with van der Waals surface area (Å²) in [6, 6.07) is 9.65. The molecule has 0 fully saturated rings. The Bertz CT molecular complexity index is 630. The van der Waals surface area contributed by atoms with Gasteiger partial charge in [0.25, 0.3) is 0 Å². The zero-order valence-electron chi connectivity index (χ0n) is 8.37. The topological polar surface area (TPSA) is 36.7 Å². The van der Waals surface area contributed by atoms with Gasteiger partial charge in [-0.3, -0.25) is 0 Å². The Morgan fingerprint density at radius 3 is 2.75 bits per heavy atom. The molecule has 0 bridgehead atoms. The van der Waals surface area contributed by atoms with Gasteiger partial charge < -0.3 is 0 Å². The molecular weight excluding hydrogens is 220 g/mol. The smallest absolute Gasteiger partial charge is 0.136 e. The molecule has 3 heteroatoms. The molecule has 2 rings (SSSR count). The first-order chi connectivity index (χ1) is 7.83. The molecule has 0 amide bonds. The minimum atomic E-state index is 0.219. The maximum absolute atomic E-state index is 8.41. The Labute approximate surface area is 98.5 Å². The highest BCUT2D eigenvalue weighted by molar-refractivity contribution is 6.34. The van der Waals surface area contributed by atoms with Crippen molar-refractivity contribution in [1.29, 1.82) is 5.26 Å². The van der Waals surface area contributed by atoms with E-state index in [0.717, 1.165) is 16.3 Å². The van der Waals surface area contributed by atoms with Gasteiger partial charge in [-0.2, -0.15) is 5.26 Å². The molecule has 0 saturated heterocycles. The molecular formula is C13H7ClN2. The number of halogens is 1. The average Bonchev–Trinajstić information content (AvgIpc) is 2.33. The number of rotatable bonds is 0. The molecule has 0 atom stereocenters. The van der Waals surface area contributed by atoms with Crippen LogP contribution in [0.5, 0.6) is 0 Å². The number of benzene rings is 1. The molecule has 0 aliphatic carbocycles. The number of pyridine rings is 1. The van der Waals surface area contributed by atoms with E-state index in [1.54, 1.807) is 6.20 Å². The molecule has 2 nitrogen and oxygen atoms in total. The van der Waals surface area contributed by atoms with Crippen LogP contribution in [0.15, 0.2) is 30.5 Å². The van der Waals surface area contributed by atoms with Crippen molar-refractivity contribution in [2.45, 2.75) is 6.42 Å². The summed E-state index contributed by atoms with van der Waals surface area (Å²) in [5.74, 6) is 5.69. The van der Waals surface area contributed by atoms with Gasteiger partial charge in [0.2, 0.25) is 0 Å². The van der Waals surface area contributed by atoms with Gasteiger partial charge in [-0.25, -0.2) is 4.98 Å². The van der Waals surface area contributed by atoms with Crippen molar-refractivity contribution >= 4 is 22.4 Å². The van der Waals surface area contributed by atoms with E-state index < -0.39 is 0 Å². The van der Waals surface area contributed by atoms with Crippen molar-refractivity contribution in [1.82, 2.24) is 4.98 Å². The number of fused-ring (bicyclic) bond motifs is 1. The van der Waals surface area contributed by atoms with Crippen LogP contribution in [0, 0.1) is 23.2 Å². The predicted molar refractivity (Wildman–Crippen MR) is 63.9 cm³/mol. The second-order valence-electron chi connectivity index (χ2n) is 3.14. The summed E-state index contributed by atoms with van der Waals surface area (Å²) in [6.45, 7) is 0. The van der Waals surface area contributed by atoms with Gasteiger partial charge in [0, 0.05) is 17.0 Å². The Kier molecular flexibility index (Phi) is 3.05. The molecule has 0 unspecified atom stereocenters. The molecule has 0 aliphatic heterocycles. The summed E-state index contributed by atoms with van der Waals surface area (Å²) in [4.78, 5) is 4.07. The van der Waals surface area contributed by atoms with Crippen molar-refractivity contribution < 1.29 is 0 Å². The maximum Gasteiger partial charge on any atom is 0.136 e. The highest BCUT2D eigenvalue weighted by Crippen LogP contribution is 2.23. The highest BCUT2D eigenvalue weighted by atomic mass is 35.5. The Morgan fingerprint density at radius 2 is 2.00 bits per heavy atom. The normalized spacial score (nSPS) is 9.25. The van der Waals surface area contributed by atoms with Crippen LogP contribution >= 0.6 is 11.6 Å². The van der Waals surface area contributed by atoms with Gasteiger partial charge >= 0.3 is 0 Å². The van der Waals surface area contributed by atoms with Crippen LogP contribution in [0.25, 0.3) is 10.8 Å². The third kappa shape index (κ3) is 1.98. The van der Waals surface area contributed by atoms with Gasteiger partial charge in [0.15, 0.2) is 0 Å². The van der Waals surface area contributed by atoms with Crippen molar-refractivity contribution in [2.75, 3.05) is 0 Å². The van der Waals surface area contributed by atoms with Crippen LogP contribution in [-0.2, 0) is 0 Å². The van der Waals surface area contributed by atoms with Crippen LogP contribution < -0.4 is 0 Å². The Hall–Kier alpha value is -2.03. The summed E-state index contributed by atoms with van der Waals surface area (Å²) in [6.07, 6.45) is 1.85. The van der Waals surface area contributed by atoms with Gasteiger partial charge in [-0.1, -0.05) is 47.7 Å². The highest BCUT2D eigenvalue weighted by Gasteiger charge is 2.02. The van der Waals surface area contributed by atoms with Gasteiger partial charge in [0.1, 0.15) is 5.15 Å². The largest absolute Gasteiger partial charge is 0.243 e. The molecule has 1 aromatic carbocycles. The fourth-order valence-electron chi connectivity index (χ4n) is 1.44. The zero-order chi connectivity index (χ0) is 11.4. The Balaban J connectivity index is 2.61. The zero-order valence-corrected chi connectivity index (χ0v) is 9.12. The van der Waals surface area contributed by atoms with E-state index in [1.165, 1.54) is 0 Å². The minimum absolute atomic E-state index is 0.219. The lowest BCUT2D eigenvalue weighted by atomic mass is 10.1. The van der Waals surface area contributed by atoms with E-state index in [-0.39, 0.29) is 6.42 Å². The van der Waals surface area contributed by atoms with E-state index in [1.807, 2.05) is 30.3 Å². The SMILES string of the molecule is N#CCC#Cc1cnc(Cl)c2ccccc12. The van der Waals surface area contributed by atoms with E-state index in [0.29, 0.717) is 5.15 Å². The summed E-state index contributed by atoms with van der Waals surface area (Å²) in [7, 11) is 0. The first-order valence-corrected chi connectivity index (χ1v) is 5.10. The van der Waals surface area contributed by atoms with Crippen LogP contribution in [0.1, 0.15) is 12.0 Å². The maximum atomic E-state index is 8.41. The van der Waals surface area contributed by atoms with E-state index in [9.17, 15) is 0 Å². The summed E-state index contributed by atoms with van der Waals surface area (Å²) in [5.41, 5.74) is 0.801. The molecule has 16 heavy (non-hydrogen) atoms. The van der Waals surface area contributed by atoms with Crippen molar-refractivity contribution in [3.63, 3.8) is 0 Å². The Morgan fingerprint density at radius 1 is 1.25 bits per heavy atom. The number of nitrogens with zero attached hydrogens (tertiary/aromatic N) is 2. The molecule has 0 spiro atoms. The molecule has 0 radical (unpaired) electrons. The van der Waals surface area contributed by atoms with Crippen LogP contribution in [0.4, 0.5) is 0 Å². The van der Waals surface area contributed by atoms with Crippen molar-refractivity contribution in [3.05, 3.63) is 41.2 Å². The van der Waals surface area contributed by atoms with Crippen LogP contribution in [-0.4, -0.2) is 4.98 Å². The summed E-state index contributed by atoms with van der Waals surface area (Å²) < 4.78 is 0. The van der Waals surface area contributed by atoms with Crippen LogP contribution in [0.3, 0.4) is 0 Å². The summed E-state index contributed by atoms with van der Waals surface area (Å²) >= 11 is 5.98. The number of aromatic nitrogens is 1. The fourth-order valence-corrected chi connectivity index (χ4v) is 1.65. The molecule has 2 aromatic rings. The predicted octanol–water partition coefficient (Wildman–Crippen LogP) is 3.15. The monoisotopic (exact) mass is 226 g/mol. The standard InChI is InChI=1S/C13H7ClN2/c14-13-12-7-2-1-6-11(12)10(9-16-13)5-3-4-8-15/h1-2,6-7,9H,4H2. The summed E-state index contributed by atoms with van der Waals surface area (Å²) in [5, 5.41) is 10.7. The second-order valence-corrected chi connectivity index (χ2v) is 3.50. The number of nitriles is 1. The molecule has 0 aliphatic rings. The van der Waals surface area contributed by atoms with Gasteiger partial charge in [-0.05, 0) is 0 Å². The molecule has 1 heterocycles. The fraction of sp³-hybridized carbons (Fsp3) is 0.0769. The number of hydrogen-bond acceptors (Lipinski definition) is 2. The van der Waals surface area contributed by atoms with E-state index in [4.69, 9.17) is 16.9 Å². The average molecular weight is 227 g/mol. The van der Waals surface area contributed by atoms with Gasteiger partial charge in [0.05, 0.1) is 18.1 Å². The van der Waals surface area contributed by atoms with E-state index in [2.05, 4.69) is 16.8 Å². The molecule has 0 N–H and O–H groups in total. The lowest BCUT2D eigenvalue weighted by Crippen LogP contribution is -1.84. The van der Waals surface area contributed by atoms with Crippen molar-refractivity contribution in [3.8, 4) is 17.9 Å². The minimum Gasteiger partial charge on any atom is -0.243 e. The van der Waals surface area contributed by atoms with Crippen LogP contribution in [0.2, 0.25) is 5.15 Å². The quantitative estimate of drug-likeness (QED) is 0.511. The lowest BCUT2D eigenvalue weighted by molar-refractivity contribution is 1.35. The van der Waals surface area contributed by atoms with E-state index >= 15 is 0 Å². The third-order valence-corrected chi connectivity index (χ3v) is 2.44. The first-order valence-electron chi connectivity index (χ1n) is 4.72. The number of hydrogen-bond donors (Lipinski definition) is 0. The van der Waals surface area contributed by atoms with Crippen molar-refractivity contribution in [2.24, 2.45) is 0 Å². The third-order valence-electron chi connectivity index (χ3n) is 2.14. The molecule has 0 saturated carbocycles. The first kappa shape index (κ1) is 10.5. The molecule has 76 valence electrons. The second kappa shape index (κ2) is 4.66. The lowest BCUT2D eigenvalue weighted by Gasteiger charge is -2.01. The van der Waals surface area contributed by atoms with Gasteiger partial charge in [-0.15, -0.1) is 0 Å².